The van der Waals surface area contributed by atoms with E-state index in [0.717, 1.165) is 23.0 Å². The van der Waals surface area contributed by atoms with Gasteiger partial charge in [0.1, 0.15) is 28.9 Å². The second-order valence-corrected chi connectivity index (χ2v) is 11.0. The van der Waals surface area contributed by atoms with Gasteiger partial charge in [-0.05, 0) is 61.9 Å². The summed E-state index contributed by atoms with van der Waals surface area (Å²) >= 11 is 0.730. The molecular formula is C25H26N4O6S2. The maximum absolute atomic E-state index is 12.5. The van der Waals surface area contributed by atoms with Crippen molar-refractivity contribution in [1.29, 1.82) is 5.26 Å². The normalized spacial score (nSPS) is 11.6. The topological polar surface area (TPSA) is 140 Å². The van der Waals surface area contributed by atoms with Crippen molar-refractivity contribution in [3.8, 4) is 23.3 Å². The fraction of sp³-hybridized carbons (Fsp3) is 0.280. The molecule has 0 aliphatic carbocycles. The predicted molar refractivity (Wildman–Crippen MR) is 139 cm³/mol. The standard InChI is InChI=1S/C25H26N4O6S2/c1-17(2)37(31,32)25-28-24(36-29-25)27-23(30)19(16-26)15-18-5-7-21(8-6-18)34-13-4-14-35-22-11-9-20(33-3)10-12-22/h5-12,15,17H,4,13-14H2,1-3H3,(H,27,28,29,30). The van der Waals surface area contributed by atoms with Crippen LogP contribution in [0.25, 0.3) is 6.08 Å². The van der Waals surface area contributed by atoms with Crippen molar-refractivity contribution in [1.82, 2.24) is 9.36 Å². The minimum atomic E-state index is -3.66. The van der Waals surface area contributed by atoms with Gasteiger partial charge >= 0.3 is 0 Å². The molecule has 1 heterocycles. The van der Waals surface area contributed by atoms with Crippen molar-refractivity contribution in [2.24, 2.45) is 0 Å². The Balaban J connectivity index is 1.50. The minimum absolute atomic E-state index is 0.00917. The first-order chi connectivity index (χ1) is 17.7. The fourth-order valence-corrected chi connectivity index (χ4v) is 4.53. The number of hydrogen-bond donors (Lipinski definition) is 1. The van der Waals surface area contributed by atoms with Crippen LogP contribution >= 0.6 is 11.5 Å². The lowest BCUT2D eigenvalue weighted by Crippen LogP contribution is -2.16. The summed E-state index contributed by atoms with van der Waals surface area (Å²) in [7, 11) is -2.05. The van der Waals surface area contributed by atoms with Crippen LogP contribution in [0, 0.1) is 11.3 Å². The van der Waals surface area contributed by atoms with E-state index in [0.29, 0.717) is 30.9 Å². The van der Waals surface area contributed by atoms with Crippen LogP contribution in [0.5, 0.6) is 17.2 Å². The number of carbonyl (C=O) groups is 1. The molecule has 1 N–H and O–H groups in total. The molecule has 0 unspecified atom stereocenters. The third kappa shape index (κ3) is 7.77. The van der Waals surface area contributed by atoms with E-state index in [1.54, 1.807) is 31.4 Å². The van der Waals surface area contributed by atoms with E-state index in [4.69, 9.17) is 14.2 Å². The number of carbonyl (C=O) groups excluding carboxylic acids is 1. The summed E-state index contributed by atoms with van der Waals surface area (Å²) < 4.78 is 44.6. The third-order valence-corrected chi connectivity index (χ3v) is 7.62. The first-order valence-electron chi connectivity index (χ1n) is 11.2. The molecule has 0 radical (unpaired) electrons. The highest BCUT2D eigenvalue weighted by Gasteiger charge is 2.25. The highest BCUT2D eigenvalue weighted by atomic mass is 32.2. The average Bonchev–Trinajstić information content (AvgIpc) is 3.37. The molecule has 0 aliphatic rings. The molecule has 10 nitrogen and oxygen atoms in total. The van der Waals surface area contributed by atoms with Gasteiger partial charge < -0.3 is 14.2 Å². The lowest BCUT2D eigenvalue weighted by Gasteiger charge is -2.09. The zero-order valence-electron chi connectivity index (χ0n) is 20.5. The number of benzene rings is 2. The zero-order chi connectivity index (χ0) is 26.8. The van der Waals surface area contributed by atoms with E-state index in [-0.39, 0.29) is 15.9 Å². The number of anilines is 1. The van der Waals surface area contributed by atoms with Crippen LogP contribution < -0.4 is 19.5 Å². The van der Waals surface area contributed by atoms with Crippen LogP contribution in [0.1, 0.15) is 25.8 Å². The molecule has 0 saturated heterocycles. The molecule has 0 fully saturated rings. The molecule has 0 bridgehead atoms. The Bertz CT molecular complexity index is 1380. The van der Waals surface area contributed by atoms with Crippen LogP contribution in [0.3, 0.4) is 0 Å². The Morgan fingerprint density at radius 3 is 2.16 bits per heavy atom. The maximum Gasteiger partial charge on any atom is 0.268 e. The predicted octanol–water partition coefficient (Wildman–Crippen LogP) is 4.12. The van der Waals surface area contributed by atoms with Crippen molar-refractivity contribution in [3.05, 3.63) is 59.7 Å². The third-order valence-electron chi connectivity index (χ3n) is 4.94. The Hall–Kier alpha value is -3.95. The number of methoxy groups -OCH3 is 1. The van der Waals surface area contributed by atoms with Gasteiger partial charge in [0, 0.05) is 18.0 Å². The molecule has 0 aliphatic heterocycles. The number of rotatable bonds is 12. The highest BCUT2D eigenvalue weighted by Crippen LogP contribution is 2.20. The SMILES string of the molecule is COc1ccc(OCCCOc2ccc(C=C(C#N)C(=O)Nc3nc(S(=O)(=O)C(C)C)ns3)cc2)cc1. The number of hydrogen-bond acceptors (Lipinski definition) is 10. The maximum atomic E-state index is 12.5. The van der Waals surface area contributed by atoms with E-state index in [2.05, 4.69) is 14.7 Å². The van der Waals surface area contributed by atoms with Gasteiger partial charge in [-0.25, -0.2) is 8.42 Å². The van der Waals surface area contributed by atoms with Crippen LogP contribution in [0.4, 0.5) is 5.13 Å². The fourth-order valence-electron chi connectivity index (χ4n) is 2.84. The summed E-state index contributed by atoms with van der Waals surface area (Å²) in [6.07, 6.45) is 2.09. The van der Waals surface area contributed by atoms with E-state index in [9.17, 15) is 18.5 Å². The molecular weight excluding hydrogens is 516 g/mol. The second kappa shape index (κ2) is 12.8. The summed E-state index contributed by atoms with van der Waals surface area (Å²) in [5.41, 5.74) is 0.440. The number of nitrogens with zero attached hydrogens (tertiary/aromatic N) is 3. The van der Waals surface area contributed by atoms with Crippen molar-refractivity contribution >= 4 is 38.5 Å². The number of nitrogens with one attached hydrogen (secondary N) is 1. The summed E-state index contributed by atoms with van der Waals surface area (Å²) in [6, 6.07) is 16.1. The summed E-state index contributed by atoms with van der Waals surface area (Å²) in [6.45, 7) is 3.97. The molecule has 2 aromatic carbocycles. The van der Waals surface area contributed by atoms with E-state index < -0.39 is 21.0 Å². The van der Waals surface area contributed by atoms with Gasteiger partial charge in [-0.2, -0.15) is 14.6 Å². The minimum Gasteiger partial charge on any atom is -0.497 e. The second-order valence-electron chi connectivity index (χ2n) is 7.89. The molecule has 37 heavy (non-hydrogen) atoms. The van der Waals surface area contributed by atoms with Gasteiger partial charge in [-0.15, -0.1) is 0 Å². The van der Waals surface area contributed by atoms with Crippen LogP contribution in [-0.4, -0.2) is 49.3 Å². The molecule has 3 rings (SSSR count). The number of nitriles is 1. The lowest BCUT2D eigenvalue weighted by molar-refractivity contribution is -0.112. The zero-order valence-corrected chi connectivity index (χ0v) is 22.1. The molecule has 0 saturated carbocycles. The lowest BCUT2D eigenvalue weighted by atomic mass is 10.1. The first-order valence-corrected chi connectivity index (χ1v) is 13.6. The summed E-state index contributed by atoms with van der Waals surface area (Å²) in [5.74, 6) is 1.43. The van der Waals surface area contributed by atoms with Crippen molar-refractivity contribution in [2.75, 3.05) is 25.6 Å². The average molecular weight is 543 g/mol. The van der Waals surface area contributed by atoms with Gasteiger partial charge in [0.15, 0.2) is 0 Å². The largest absolute Gasteiger partial charge is 0.497 e. The van der Waals surface area contributed by atoms with Gasteiger partial charge in [0.25, 0.3) is 11.1 Å². The monoisotopic (exact) mass is 542 g/mol. The van der Waals surface area contributed by atoms with Gasteiger partial charge in [-0.1, -0.05) is 12.1 Å². The van der Waals surface area contributed by atoms with E-state index >= 15 is 0 Å². The Morgan fingerprint density at radius 2 is 1.62 bits per heavy atom. The van der Waals surface area contributed by atoms with Crippen LogP contribution in [0.15, 0.2) is 59.3 Å². The molecule has 1 amide bonds. The Kier molecular flexibility index (Phi) is 9.59. The van der Waals surface area contributed by atoms with Crippen LogP contribution in [0.2, 0.25) is 0 Å². The van der Waals surface area contributed by atoms with Gasteiger partial charge in [-0.3, -0.25) is 10.1 Å². The molecule has 194 valence electrons. The van der Waals surface area contributed by atoms with Crippen molar-refractivity contribution < 1.29 is 27.4 Å². The van der Waals surface area contributed by atoms with Crippen LogP contribution in [-0.2, 0) is 14.6 Å². The van der Waals surface area contributed by atoms with E-state index in [1.807, 2.05) is 30.3 Å². The molecule has 1 aromatic heterocycles. The smallest absolute Gasteiger partial charge is 0.268 e. The molecule has 0 spiro atoms. The number of ether oxygens (including phenoxy) is 3. The highest BCUT2D eigenvalue weighted by molar-refractivity contribution is 7.91. The summed E-state index contributed by atoms with van der Waals surface area (Å²) in [4.78, 5) is 16.4. The molecule has 3 aromatic rings. The van der Waals surface area contributed by atoms with Gasteiger partial charge in [0.05, 0.1) is 25.6 Å². The Labute approximate surface area is 219 Å². The first kappa shape index (κ1) is 27.6. The number of aromatic nitrogens is 2. The quantitative estimate of drug-likeness (QED) is 0.203. The molecule has 0 atom stereocenters. The molecule has 12 heteroatoms. The number of sulfone groups is 1. The van der Waals surface area contributed by atoms with Crippen molar-refractivity contribution in [3.63, 3.8) is 0 Å². The van der Waals surface area contributed by atoms with Gasteiger partial charge in [0.2, 0.25) is 15.0 Å². The van der Waals surface area contributed by atoms with Crippen molar-refractivity contribution in [2.45, 2.75) is 30.7 Å². The van der Waals surface area contributed by atoms with E-state index in [1.165, 1.54) is 19.9 Å². The summed E-state index contributed by atoms with van der Waals surface area (Å²) in [5, 5.41) is 10.8. The Morgan fingerprint density at radius 1 is 1.05 bits per heavy atom. The number of amides is 1.